The summed E-state index contributed by atoms with van der Waals surface area (Å²) in [6, 6.07) is 5.89. The molecular weight excluding hydrogens is 428 g/mol. The summed E-state index contributed by atoms with van der Waals surface area (Å²) in [5, 5.41) is 0. The second kappa shape index (κ2) is 8.14. The molecule has 27 heavy (non-hydrogen) atoms. The highest BCUT2D eigenvalue weighted by Gasteiger charge is 2.24. The van der Waals surface area contributed by atoms with Crippen molar-refractivity contribution in [2.24, 2.45) is 0 Å². The molecule has 1 aliphatic rings. The molecule has 0 saturated heterocycles. The monoisotopic (exact) mass is 452 g/mol. The van der Waals surface area contributed by atoms with Crippen LogP contribution in [0.4, 0.5) is 11.8 Å². The number of nitrogens with one attached hydrogen (secondary N) is 1. The summed E-state index contributed by atoms with van der Waals surface area (Å²) >= 11 is 3.40. The van der Waals surface area contributed by atoms with E-state index < -0.39 is 10.0 Å². The number of hydrogen-bond donors (Lipinski definition) is 1. The van der Waals surface area contributed by atoms with E-state index in [4.69, 9.17) is 0 Å². The van der Waals surface area contributed by atoms with Crippen molar-refractivity contribution in [2.45, 2.75) is 57.4 Å². The van der Waals surface area contributed by atoms with Crippen LogP contribution in [0.15, 0.2) is 33.8 Å². The zero-order valence-electron chi connectivity index (χ0n) is 15.9. The van der Waals surface area contributed by atoms with Crippen LogP contribution in [0.5, 0.6) is 0 Å². The molecule has 1 aliphatic carbocycles. The van der Waals surface area contributed by atoms with E-state index in [-0.39, 0.29) is 10.8 Å². The summed E-state index contributed by atoms with van der Waals surface area (Å²) in [5.41, 5.74) is 1.35. The van der Waals surface area contributed by atoms with Gasteiger partial charge in [0.05, 0.1) is 4.90 Å². The summed E-state index contributed by atoms with van der Waals surface area (Å²) in [6.45, 7) is 6.49. The Morgan fingerprint density at radius 1 is 1.22 bits per heavy atom. The molecule has 8 heteroatoms. The number of benzene rings is 1. The molecule has 0 radical (unpaired) electrons. The first-order chi connectivity index (χ1) is 12.8. The van der Waals surface area contributed by atoms with Gasteiger partial charge in [0.15, 0.2) is 0 Å². The summed E-state index contributed by atoms with van der Waals surface area (Å²) in [4.78, 5) is 11.1. The predicted molar refractivity (Wildman–Crippen MR) is 112 cm³/mol. The average Bonchev–Trinajstić information content (AvgIpc) is 3.08. The molecular formula is C19H25BrN4O2S. The fourth-order valence-electron chi connectivity index (χ4n) is 3.87. The Labute approximate surface area is 169 Å². The quantitative estimate of drug-likeness (QED) is 0.701. The highest BCUT2D eigenvalue weighted by atomic mass is 79.9. The third-order valence-electron chi connectivity index (χ3n) is 4.96. The van der Waals surface area contributed by atoms with E-state index in [2.05, 4.69) is 42.4 Å². The SMILES string of the molecule is CCN(c1ccnc(NS(=O)(=O)c2c(C)cc(Br)cc2C)n1)C1CCCC1. The van der Waals surface area contributed by atoms with Crippen LogP contribution in [0.2, 0.25) is 0 Å². The van der Waals surface area contributed by atoms with Crippen LogP contribution < -0.4 is 9.62 Å². The van der Waals surface area contributed by atoms with E-state index in [1.54, 1.807) is 32.2 Å². The van der Waals surface area contributed by atoms with Crippen molar-refractivity contribution in [1.82, 2.24) is 9.97 Å². The molecule has 1 aromatic carbocycles. The Balaban J connectivity index is 1.90. The largest absolute Gasteiger partial charge is 0.354 e. The lowest BCUT2D eigenvalue weighted by Gasteiger charge is -2.28. The van der Waals surface area contributed by atoms with Crippen molar-refractivity contribution in [3.63, 3.8) is 0 Å². The Hall–Kier alpha value is -1.67. The lowest BCUT2D eigenvalue weighted by atomic mass is 10.2. The molecule has 0 aliphatic heterocycles. The third kappa shape index (κ3) is 4.43. The summed E-state index contributed by atoms with van der Waals surface area (Å²) in [7, 11) is -3.77. The maximum Gasteiger partial charge on any atom is 0.264 e. The van der Waals surface area contributed by atoms with Gasteiger partial charge in [-0.15, -0.1) is 0 Å². The molecule has 146 valence electrons. The van der Waals surface area contributed by atoms with Crippen LogP contribution in [0.25, 0.3) is 0 Å². The van der Waals surface area contributed by atoms with E-state index in [1.165, 1.54) is 12.8 Å². The van der Waals surface area contributed by atoms with Crippen molar-refractivity contribution in [2.75, 3.05) is 16.2 Å². The van der Waals surface area contributed by atoms with Crippen LogP contribution in [0.3, 0.4) is 0 Å². The number of hydrogen-bond acceptors (Lipinski definition) is 5. The molecule has 1 saturated carbocycles. The van der Waals surface area contributed by atoms with Crippen molar-refractivity contribution >= 4 is 37.7 Å². The lowest BCUT2D eigenvalue weighted by molar-refractivity contribution is 0.599. The number of rotatable bonds is 6. The van der Waals surface area contributed by atoms with Gasteiger partial charge >= 0.3 is 0 Å². The van der Waals surface area contributed by atoms with E-state index in [0.717, 1.165) is 29.7 Å². The minimum atomic E-state index is -3.77. The van der Waals surface area contributed by atoms with Gasteiger partial charge < -0.3 is 4.90 Å². The molecule has 1 aromatic heterocycles. The standard InChI is InChI=1S/C19H25BrN4O2S/c1-4-24(16-7-5-6-8-16)17-9-10-21-19(22-17)23-27(25,26)18-13(2)11-15(20)12-14(18)3/h9-12,16H,4-8H2,1-3H3,(H,21,22,23). The topological polar surface area (TPSA) is 75.2 Å². The minimum absolute atomic E-state index is 0.102. The van der Waals surface area contributed by atoms with Crippen LogP contribution in [-0.2, 0) is 10.0 Å². The van der Waals surface area contributed by atoms with Gasteiger partial charge in [0.1, 0.15) is 5.82 Å². The molecule has 0 bridgehead atoms. The number of nitrogens with zero attached hydrogens (tertiary/aromatic N) is 3. The van der Waals surface area contributed by atoms with E-state index in [0.29, 0.717) is 17.2 Å². The number of halogens is 1. The van der Waals surface area contributed by atoms with Crippen LogP contribution in [0, 0.1) is 13.8 Å². The van der Waals surface area contributed by atoms with Crippen LogP contribution in [-0.4, -0.2) is 31.0 Å². The smallest absolute Gasteiger partial charge is 0.264 e. The van der Waals surface area contributed by atoms with Gasteiger partial charge in [-0.05, 0) is 62.9 Å². The Bertz CT molecular complexity index is 904. The molecule has 0 unspecified atom stereocenters. The van der Waals surface area contributed by atoms with Gasteiger partial charge in [-0.2, -0.15) is 4.98 Å². The fraction of sp³-hybridized carbons (Fsp3) is 0.474. The molecule has 6 nitrogen and oxygen atoms in total. The molecule has 1 heterocycles. The lowest BCUT2D eigenvalue weighted by Crippen LogP contribution is -2.34. The fourth-order valence-corrected chi connectivity index (χ4v) is 5.97. The van der Waals surface area contributed by atoms with Crippen molar-refractivity contribution in [1.29, 1.82) is 0 Å². The Kier molecular flexibility index (Phi) is 6.05. The maximum absolute atomic E-state index is 12.9. The zero-order valence-corrected chi connectivity index (χ0v) is 18.3. The highest BCUT2D eigenvalue weighted by Crippen LogP contribution is 2.28. The van der Waals surface area contributed by atoms with Crippen molar-refractivity contribution in [3.05, 3.63) is 40.0 Å². The minimum Gasteiger partial charge on any atom is -0.354 e. The molecule has 2 aromatic rings. The second-order valence-corrected chi connectivity index (χ2v) is 9.47. The van der Waals surface area contributed by atoms with Crippen molar-refractivity contribution < 1.29 is 8.42 Å². The number of anilines is 2. The third-order valence-corrected chi connectivity index (χ3v) is 7.05. The van der Waals surface area contributed by atoms with E-state index in [9.17, 15) is 8.42 Å². The first-order valence-electron chi connectivity index (χ1n) is 9.21. The molecule has 0 amide bonds. The van der Waals surface area contributed by atoms with Gasteiger partial charge in [-0.1, -0.05) is 28.8 Å². The van der Waals surface area contributed by atoms with Crippen LogP contribution >= 0.6 is 15.9 Å². The van der Waals surface area contributed by atoms with Crippen LogP contribution in [0.1, 0.15) is 43.7 Å². The normalized spacial score (nSPS) is 15.1. The molecule has 1 fully saturated rings. The predicted octanol–water partition coefficient (Wildman–Crippen LogP) is 4.43. The molecule has 3 rings (SSSR count). The van der Waals surface area contributed by atoms with Gasteiger partial charge in [-0.25, -0.2) is 18.1 Å². The van der Waals surface area contributed by atoms with E-state index >= 15 is 0 Å². The molecule has 0 atom stereocenters. The number of sulfonamides is 1. The first kappa shape index (κ1) is 20.1. The first-order valence-corrected chi connectivity index (χ1v) is 11.5. The average molecular weight is 453 g/mol. The maximum atomic E-state index is 12.9. The Morgan fingerprint density at radius 3 is 2.44 bits per heavy atom. The zero-order chi connectivity index (χ0) is 19.6. The summed E-state index contributed by atoms with van der Waals surface area (Å²) < 4.78 is 29.3. The highest BCUT2D eigenvalue weighted by molar-refractivity contribution is 9.10. The molecule has 1 N–H and O–H groups in total. The van der Waals surface area contributed by atoms with Gasteiger partial charge in [0.2, 0.25) is 5.95 Å². The number of aryl methyl sites for hydroxylation is 2. The Morgan fingerprint density at radius 2 is 1.85 bits per heavy atom. The van der Waals surface area contributed by atoms with Crippen molar-refractivity contribution in [3.8, 4) is 0 Å². The second-order valence-electron chi connectivity index (χ2n) is 6.94. The van der Waals surface area contributed by atoms with Gasteiger partial charge in [0.25, 0.3) is 10.0 Å². The van der Waals surface area contributed by atoms with Gasteiger partial charge in [0, 0.05) is 23.3 Å². The molecule has 0 spiro atoms. The number of aromatic nitrogens is 2. The summed E-state index contributed by atoms with van der Waals surface area (Å²) in [6.07, 6.45) is 6.37. The van der Waals surface area contributed by atoms with Gasteiger partial charge in [-0.3, -0.25) is 0 Å². The summed E-state index contributed by atoms with van der Waals surface area (Å²) in [5.74, 6) is 0.868. The van der Waals surface area contributed by atoms with E-state index in [1.807, 2.05) is 6.07 Å².